The van der Waals surface area contributed by atoms with Crippen molar-refractivity contribution in [2.75, 3.05) is 20.8 Å². The summed E-state index contributed by atoms with van der Waals surface area (Å²) < 4.78 is 11.4. The van der Waals surface area contributed by atoms with Crippen LogP contribution in [0.3, 0.4) is 0 Å². The fraction of sp³-hybridized carbons (Fsp3) is 0.214. The van der Waals surface area contributed by atoms with Gasteiger partial charge in [0.1, 0.15) is 10.9 Å². The standard InChI is InChI=1S/C14H12BrNO5S2/c1-20-9-4-7(3-8(15)12(9)21-2)5-10-13(19)16(6-11(17)18)14(22)23-10/h3-5H,6H2,1-2H3,(H,17,18)/b10-5-. The minimum absolute atomic E-state index is 0.225. The van der Waals surface area contributed by atoms with Crippen LogP contribution in [0, 0.1) is 0 Å². The number of benzene rings is 1. The zero-order valence-electron chi connectivity index (χ0n) is 12.2. The second-order valence-electron chi connectivity index (χ2n) is 4.40. The van der Waals surface area contributed by atoms with Crippen molar-refractivity contribution in [2.45, 2.75) is 0 Å². The highest BCUT2D eigenvalue weighted by atomic mass is 79.9. The second-order valence-corrected chi connectivity index (χ2v) is 6.93. The molecule has 1 aromatic carbocycles. The van der Waals surface area contributed by atoms with Gasteiger partial charge in [-0.15, -0.1) is 0 Å². The smallest absolute Gasteiger partial charge is 0.323 e. The maximum Gasteiger partial charge on any atom is 0.323 e. The summed E-state index contributed by atoms with van der Waals surface area (Å²) >= 11 is 9.50. The molecule has 122 valence electrons. The van der Waals surface area contributed by atoms with Crippen LogP contribution >= 0.6 is 39.9 Å². The number of amides is 1. The van der Waals surface area contributed by atoms with Gasteiger partial charge in [0.15, 0.2) is 11.5 Å². The molecule has 0 unspecified atom stereocenters. The van der Waals surface area contributed by atoms with Crippen LogP contribution in [0.4, 0.5) is 0 Å². The zero-order chi connectivity index (χ0) is 17.1. The number of thioether (sulfide) groups is 1. The maximum absolute atomic E-state index is 12.2. The molecule has 0 aromatic heterocycles. The molecule has 9 heteroatoms. The van der Waals surface area contributed by atoms with Crippen molar-refractivity contribution < 1.29 is 24.2 Å². The molecule has 1 aromatic rings. The van der Waals surface area contributed by atoms with E-state index in [-0.39, 0.29) is 4.32 Å². The Bertz CT molecular complexity index is 719. The predicted octanol–water partition coefficient (Wildman–Crippen LogP) is 2.75. The maximum atomic E-state index is 12.2. The lowest BCUT2D eigenvalue weighted by molar-refractivity contribution is -0.140. The molecular weight excluding hydrogens is 406 g/mol. The molecule has 2 rings (SSSR count). The number of thiocarbonyl (C=S) groups is 1. The van der Waals surface area contributed by atoms with Gasteiger partial charge < -0.3 is 14.6 Å². The first kappa shape index (κ1) is 17.8. The fourth-order valence-corrected chi connectivity index (χ4v) is 3.82. The summed E-state index contributed by atoms with van der Waals surface area (Å²) in [5.41, 5.74) is 0.699. The average Bonchev–Trinajstić information content (AvgIpc) is 2.73. The van der Waals surface area contributed by atoms with E-state index < -0.39 is 18.4 Å². The molecule has 0 aliphatic carbocycles. The molecule has 1 fully saturated rings. The Kier molecular flexibility index (Phi) is 5.66. The molecule has 1 amide bonds. The van der Waals surface area contributed by atoms with Crippen molar-refractivity contribution in [2.24, 2.45) is 0 Å². The van der Waals surface area contributed by atoms with Gasteiger partial charge in [-0.2, -0.15) is 0 Å². The number of hydrogen-bond donors (Lipinski definition) is 1. The zero-order valence-corrected chi connectivity index (χ0v) is 15.4. The molecular formula is C14H12BrNO5S2. The van der Waals surface area contributed by atoms with Gasteiger partial charge in [0.25, 0.3) is 5.91 Å². The van der Waals surface area contributed by atoms with E-state index in [0.29, 0.717) is 26.4 Å². The number of carbonyl (C=O) groups excluding carboxylic acids is 1. The van der Waals surface area contributed by atoms with E-state index in [4.69, 9.17) is 26.8 Å². The third-order valence-electron chi connectivity index (χ3n) is 2.92. The van der Waals surface area contributed by atoms with Crippen LogP contribution in [0.5, 0.6) is 11.5 Å². The van der Waals surface area contributed by atoms with E-state index >= 15 is 0 Å². The monoisotopic (exact) mass is 417 g/mol. The molecule has 1 saturated heterocycles. The minimum Gasteiger partial charge on any atom is -0.493 e. The first-order valence-electron chi connectivity index (χ1n) is 6.26. The normalized spacial score (nSPS) is 16.1. The van der Waals surface area contributed by atoms with Crippen molar-refractivity contribution in [1.82, 2.24) is 4.90 Å². The predicted molar refractivity (Wildman–Crippen MR) is 94.8 cm³/mol. The van der Waals surface area contributed by atoms with Crippen LogP contribution in [-0.2, 0) is 9.59 Å². The summed E-state index contributed by atoms with van der Waals surface area (Å²) in [7, 11) is 3.04. The third kappa shape index (κ3) is 3.85. The summed E-state index contributed by atoms with van der Waals surface area (Å²) in [6.07, 6.45) is 1.63. The summed E-state index contributed by atoms with van der Waals surface area (Å²) in [6.45, 7) is -0.447. The Morgan fingerprint density at radius 3 is 2.70 bits per heavy atom. The number of ether oxygens (including phenoxy) is 2. The molecule has 1 N–H and O–H groups in total. The highest BCUT2D eigenvalue weighted by Gasteiger charge is 2.33. The third-order valence-corrected chi connectivity index (χ3v) is 4.89. The van der Waals surface area contributed by atoms with Crippen LogP contribution in [0.2, 0.25) is 0 Å². The minimum atomic E-state index is -1.11. The molecule has 1 aliphatic rings. The first-order valence-corrected chi connectivity index (χ1v) is 8.27. The van der Waals surface area contributed by atoms with Crippen molar-refractivity contribution >= 4 is 62.2 Å². The van der Waals surface area contributed by atoms with Crippen molar-refractivity contribution in [3.8, 4) is 11.5 Å². The lowest BCUT2D eigenvalue weighted by atomic mass is 10.2. The molecule has 1 heterocycles. The van der Waals surface area contributed by atoms with Gasteiger partial charge in [0, 0.05) is 0 Å². The SMILES string of the molecule is COc1cc(/C=C2\SC(=S)N(CC(=O)O)C2=O)cc(Br)c1OC. The van der Waals surface area contributed by atoms with Gasteiger partial charge in [-0.3, -0.25) is 14.5 Å². The van der Waals surface area contributed by atoms with Gasteiger partial charge in [0.05, 0.1) is 23.6 Å². The number of halogens is 1. The van der Waals surface area contributed by atoms with Gasteiger partial charge >= 0.3 is 5.97 Å². The van der Waals surface area contributed by atoms with E-state index in [2.05, 4.69) is 15.9 Å². The van der Waals surface area contributed by atoms with Gasteiger partial charge in [-0.25, -0.2) is 0 Å². The van der Waals surface area contributed by atoms with Crippen molar-refractivity contribution in [1.29, 1.82) is 0 Å². The number of aliphatic carboxylic acids is 1. The first-order chi connectivity index (χ1) is 10.9. The van der Waals surface area contributed by atoms with E-state index in [1.165, 1.54) is 14.2 Å². The molecule has 0 atom stereocenters. The summed E-state index contributed by atoms with van der Waals surface area (Å²) in [5, 5.41) is 8.83. The number of carboxylic acids is 1. The summed E-state index contributed by atoms with van der Waals surface area (Å²) in [6, 6.07) is 3.48. The number of methoxy groups -OCH3 is 2. The Labute approximate surface area is 150 Å². The topological polar surface area (TPSA) is 76.1 Å². The highest BCUT2D eigenvalue weighted by Crippen LogP contribution is 2.38. The second kappa shape index (κ2) is 7.33. The molecule has 0 spiro atoms. The van der Waals surface area contributed by atoms with Crippen LogP contribution < -0.4 is 9.47 Å². The average molecular weight is 418 g/mol. The quantitative estimate of drug-likeness (QED) is 0.582. The van der Waals surface area contributed by atoms with E-state index in [1.807, 2.05) is 0 Å². The van der Waals surface area contributed by atoms with Gasteiger partial charge in [-0.1, -0.05) is 24.0 Å². The summed E-state index contributed by atoms with van der Waals surface area (Å²) in [5.74, 6) is -0.484. The molecule has 23 heavy (non-hydrogen) atoms. The summed E-state index contributed by atoms with van der Waals surface area (Å²) in [4.78, 5) is 24.4. The van der Waals surface area contributed by atoms with Crippen LogP contribution in [0.25, 0.3) is 6.08 Å². The Morgan fingerprint density at radius 1 is 1.43 bits per heavy atom. The largest absolute Gasteiger partial charge is 0.493 e. The van der Waals surface area contributed by atoms with Crippen molar-refractivity contribution in [3.63, 3.8) is 0 Å². The molecule has 1 aliphatic heterocycles. The number of nitrogens with zero attached hydrogens (tertiary/aromatic N) is 1. The van der Waals surface area contributed by atoms with Crippen molar-refractivity contribution in [3.05, 3.63) is 27.1 Å². The number of rotatable bonds is 5. The molecule has 6 nitrogen and oxygen atoms in total. The number of hydrogen-bond acceptors (Lipinski definition) is 6. The Morgan fingerprint density at radius 2 is 2.13 bits per heavy atom. The molecule has 0 saturated carbocycles. The van der Waals surface area contributed by atoms with Gasteiger partial charge in [0.2, 0.25) is 0 Å². The van der Waals surface area contributed by atoms with Crippen LogP contribution in [0.1, 0.15) is 5.56 Å². The van der Waals surface area contributed by atoms with Crippen LogP contribution in [0.15, 0.2) is 21.5 Å². The van der Waals surface area contributed by atoms with E-state index in [1.54, 1.807) is 18.2 Å². The lowest BCUT2D eigenvalue weighted by Crippen LogP contribution is -2.33. The highest BCUT2D eigenvalue weighted by molar-refractivity contribution is 9.10. The molecule has 0 radical (unpaired) electrons. The van der Waals surface area contributed by atoms with E-state index in [9.17, 15) is 9.59 Å². The molecule has 0 bridgehead atoms. The Balaban J connectivity index is 2.36. The lowest BCUT2D eigenvalue weighted by Gasteiger charge is -2.11. The number of carboxylic acid groups (broad SMARTS) is 1. The fourth-order valence-electron chi connectivity index (χ4n) is 1.94. The number of carbonyl (C=O) groups is 2. The van der Waals surface area contributed by atoms with E-state index in [0.717, 1.165) is 16.7 Å². The van der Waals surface area contributed by atoms with Crippen LogP contribution in [-0.4, -0.2) is 47.0 Å². The Hall–Kier alpha value is -1.58. The van der Waals surface area contributed by atoms with Gasteiger partial charge in [-0.05, 0) is 39.7 Å².